The van der Waals surface area contributed by atoms with Crippen molar-refractivity contribution in [3.63, 3.8) is 0 Å². The van der Waals surface area contributed by atoms with E-state index < -0.39 is 53.3 Å². The summed E-state index contributed by atoms with van der Waals surface area (Å²) in [5.74, 6) is -2.85. The Hall–Kier alpha value is -3.66. The van der Waals surface area contributed by atoms with E-state index >= 15 is 0 Å². The molecule has 8 nitrogen and oxygen atoms in total. The lowest BCUT2D eigenvalue weighted by molar-refractivity contribution is -0.156. The minimum Gasteiger partial charge on any atom is -0.476 e. The minimum atomic E-state index is -1.60. The Kier molecular flexibility index (Phi) is 7.72. The second-order valence-corrected chi connectivity index (χ2v) is 11.8. The van der Waals surface area contributed by atoms with Gasteiger partial charge in [-0.15, -0.1) is 0 Å². The van der Waals surface area contributed by atoms with Crippen molar-refractivity contribution in [2.75, 3.05) is 18.7 Å². The van der Waals surface area contributed by atoms with Crippen LogP contribution in [0.5, 0.6) is 5.75 Å². The Bertz CT molecular complexity index is 1610. The molecule has 2 N–H and O–H groups in total. The number of nitrogens with zero attached hydrogens (tertiary/aromatic N) is 1. The van der Waals surface area contributed by atoms with Crippen molar-refractivity contribution in [1.82, 2.24) is 5.32 Å². The number of methoxy groups -OCH3 is 1. The van der Waals surface area contributed by atoms with Crippen LogP contribution in [0.1, 0.15) is 54.5 Å². The molecule has 3 atom stereocenters. The molecule has 3 aromatic rings. The number of piperidine rings is 1. The average molecular weight is 615 g/mol. The summed E-state index contributed by atoms with van der Waals surface area (Å²) in [4.78, 5) is 41.9. The molecule has 2 amide bonds. The first-order valence-electron chi connectivity index (χ1n) is 13.2. The van der Waals surface area contributed by atoms with Crippen molar-refractivity contribution in [3.05, 3.63) is 92.7 Å². The summed E-state index contributed by atoms with van der Waals surface area (Å²) in [5.41, 5.74) is -0.807. The van der Waals surface area contributed by atoms with Gasteiger partial charge in [-0.3, -0.25) is 14.5 Å². The van der Waals surface area contributed by atoms with E-state index in [2.05, 4.69) is 5.32 Å². The number of ether oxygens (including phenoxy) is 2. The minimum absolute atomic E-state index is 0.187. The fraction of sp³-hybridized carbons (Fsp3) is 0.323. The molecule has 0 saturated carbocycles. The lowest BCUT2D eigenvalue weighted by Gasteiger charge is -2.47. The zero-order chi connectivity index (χ0) is 30.6. The van der Waals surface area contributed by atoms with Gasteiger partial charge >= 0.3 is 5.97 Å². The molecular formula is C31H29Cl2FN2O6. The maximum atomic E-state index is 14.7. The van der Waals surface area contributed by atoms with E-state index in [0.29, 0.717) is 38.0 Å². The molecule has 42 heavy (non-hydrogen) atoms. The maximum Gasteiger partial charge on any atom is 0.349 e. The predicted octanol–water partition coefficient (Wildman–Crippen LogP) is 5.35. The first kappa shape index (κ1) is 29.8. The van der Waals surface area contributed by atoms with Crippen molar-refractivity contribution in [2.24, 2.45) is 0 Å². The van der Waals surface area contributed by atoms with Crippen LogP contribution in [-0.2, 0) is 24.5 Å². The summed E-state index contributed by atoms with van der Waals surface area (Å²) in [6, 6.07) is 12.7. The van der Waals surface area contributed by atoms with E-state index in [0.717, 1.165) is 0 Å². The zero-order valence-corrected chi connectivity index (χ0v) is 24.8. The van der Waals surface area contributed by atoms with Crippen LogP contribution < -0.4 is 15.0 Å². The number of benzene rings is 3. The third-order valence-corrected chi connectivity index (χ3v) is 8.55. The molecule has 1 saturated heterocycles. The van der Waals surface area contributed by atoms with Gasteiger partial charge in [-0.25, -0.2) is 9.18 Å². The Labute approximate surface area is 252 Å². The molecule has 1 fully saturated rings. The van der Waals surface area contributed by atoms with Gasteiger partial charge in [0.05, 0.1) is 18.8 Å². The van der Waals surface area contributed by atoms with Crippen LogP contribution in [-0.4, -0.2) is 42.3 Å². The second kappa shape index (κ2) is 10.9. The Morgan fingerprint density at radius 1 is 1.10 bits per heavy atom. The van der Waals surface area contributed by atoms with Crippen molar-refractivity contribution in [2.45, 2.75) is 50.2 Å². The van der Waals surface area contributed by atoms with Crippen LogP contribution >= 0.6 is 23.2 Å². The highest BCUT2D eigenvalue weighted by Gasteiger charge is 2.64. The van der Waals surface area contributed by atoms with E-state index in [-0.39, 0.29) is 12.2 Å². The number of carbonyl (C=O) groups excluding carboxylic acids is 3. The Morgan fingerprint density at radius 3 is 2.48 bits per heavy atom. The van der Waals surface area contributed by atoms with Crippen molar-refractivity contribution in [1.29, 1.82) is 0 Å². The molecule has 11 heteroatoms. The van der Waals surface area contributed by atoms with Crippen molar-refractivity contribution >= 4 is 46.7 Å². The number of fused-ring (bicyclic) bond motifs is 2. The second-order valence-electron chi connectivity index (χ2n) is 10.9. The zero-order valence-electron chi connectivity index (χ0n) is 23.3. The third-order valence-electron chi connectivity index (χ3n) is 8.08. The van der Waals surface area contributed by atoms with E-state index in [4.69, 9.17) is 32.7 Å². The van der Waals surface area contributed by atoms with Gasteiger partial charge < -0.3 is 19.9 Å². The summed E-state index contributed by atoms with van der Waals surface area (Å²) < 4.78 is 25.9. The molecule has 3 aromatic carbocycles. The monoisotopic (exact) mass is 614 g/mol. The van der Waals surface area contributed by atoms with Crippen LogP contribution in [0.25, 0.3) is 0 Å². The molecule has 2 aliphatic heterocycles. The normalized spacial score (nSPS) is 21.8. The topological polar surface area (TPSA) is 105 Å². The Morgan fingerprint density at radius 2 is 1.79 bits per heavy atom. The first-order chi connectivity index (χ1) is 19.8. The molecule has 1 spiro atoms. The van der Waals surface area contributed by atoms with E-state index in [9.17, 15) is 23.9 Å². The number of rotatable bonds is 6. The number of anilines is 1. The molecule has 2 aliphatic rings. The summed E-state index contributed by atoms with van der Waals surface area (Å²) in [6.45, 7) is 4.16. The van der Waals surface area contributed by atoms with Gasteiger partial charge in [-0.1, -0.05) is 35.3 Å². The number of halogens is 3. The van der Waals surface area contributed by atoms with Crippen molar-refractivity contribution < 1.29 is 33.4 Å². The van der Waals surface area contributed by atoms with Gasteiger partial charge in [0, 0.05) is 27.9 Å². The highest BCUT2D eigenvalue weighted by Crippen LogP contribution is 2.60. The fourth-order valence-electron chi connectivity index (χ4n) is 6.21. The lowest BCUT2D eigenvalue weighted by Crippen LogP contribution is -2.58. The number of aryl methyl sites for hydroxylation is 1. The third kappa shape index (κ3) is 4.69. The fourth-order valence-corrected chi connectivity index (χ4v) is 6.56. The van der Waals surface area contributed by atoms with Crippen molar-refractivity contribution in [3.8, 4) is 5.75 Å². The van der Waals surface area contributed by atoms with Gasteiger partial charge in [0.15, 0.2) is 5.60 Å². The van der Waals surface area contributed by atoms with Crippen LogP contribution in [0.4, 0.5) is 10.1 Å². The van der Waals surface area contributed by atoms with E-state index in [1.54, 1.807) is 49.4 Å². The number of esters is 1. The highest BCUT2D eigenvalue weighted by atomic mass is 35.5. The van der Waals surface area contributed by atoms with E-state index in [1.165, 1.54) is 38.0 Å². The number of aliphatic hydroxyl groups excluding tert-OH is 1. The molecule has 5 rings (SSSR count). The van der Waals surface area contributed by atoms with Gasteiger partial charge in [-0.05, 0) is 79.9 Å². The maximum absolute atomic E-state index is 14.7. The quantitative estimate of drug-likeness (QED) is 0.363. The summed E-state index contributed by atoms with van der Waals surface area (Å²) in [7, 11) is 1.24. The molecule has 0 aliphatic carbocycles. The number of nitrogens with one attached hydrogen (secondary N) is 1. The van der Waals surface area contributed by atoms with Crippen LogP contribution in [0.15, 0.2) is 54.6 Å². The molecule has 0 radical (unpaired) electrons. The first-order valence-corrected chi connectivity index (χ1v) is 14.0. The average Bonchev–Trinajstić information content (AvgIpc) is 3.18. The number of amides is 2. The molecule has 220 valence electrons. The Balaban J connectivity index is 1.85. The van der Waals surface area contributed by atoms with Crippen LogP contribution in [0.3, 0.4) is 0 Å². The van der Waals surface area contributed by atoms with Gasteiger partial charge in [0.25, 0.3) is 0 Å². The molecular weight excluding hydrogens is 586 g/mol. The summed E-state index contributed by atoms with van der Waals surface area (Å²) >= 11 is 12.8. The summed E-state index contributed by atoms with van der Waals surface area (Å²) in [5, 5.41) is 14.0. The molecule has 2 heterocycles. The van der Waals surface area contributed by atoms with Gasteiger partial charge in [0.1, 0.15) is 23.7 Å². The molecule has 0 bridgehead atoms. The van der Waals surface area contributed by atoms with Crippen LogP contribution in [0.2, 0.25) is 10.0 Å². The van der Waals surface area contributed by atoms with Gasteiger partial charge in [0.2, 0.25) is 11.8 Å². The van der Waals surface area contributed by atoms with Crippen LogP contribution in [0, 0.1) is 12.7 Å². The smallest absolute Gasteiger partial charge is 0.349 e. The predicted molar refractivity (Wildman–Crippen MR) is 155 cm³/mol. The molecule has 0 aromatic heterocycles. The van der Waals surface area contributed by atoms with E-state index in [1.807, 2.05) is 0 Å². The molecule has 0 unspecified atom stereocenters. The lowest BCUT2D eigenvalue weighted by atomic mass is 9.58. The van der Waals surface area contributed by atoms with Gasteiger partial charge in [-0.2, -0.15) is 0 Å². The SMILES string of the molecule is COC(=O)C(C)(C)Oc1ccc(Cl)cc1[C@H]1CC(=O)N[C@@H](c2cc(F)ccc2C)[C@]12C(=O)N(CO)c1cc(Cl)ccc12. The number of hydrogen-bond donors (Lipinski definition) is 2. The number of aliphatic hydroxyl groups is 1. The highest BCUT2D eigenvalue weighted by molar-refractivity contribution is 6.31. The summed E-state index contributed by atoms with van der Waals surface area (Å²) in [6.07, 6.45) is -0.187. The largest absolute Gasteiger partial charge is 0.476 e. The number of carbonyl (C=O) groups is 3. The standard InChI is InChI=1S/C31H29Cl2FN2O6/c1-16-5-8-19(34)13-20(16)27-31(22-9-6-18(33)12-24(22)36(15-37)28(31)39)23(14-26(38)35-27)21-11-17(32)7-10-25(21)42-30(2,3)29(40)41-4/h5-13,23,27,37H,14-15H2,1-4H3,(H,35,38)/t23-,27+,31-/m1/s1. The number of hydrogen-bond acceptors (Lipinski definition) is 6.